The summed E-state index contributed by atoms with van der Waals surface area (Å²) in [5.41, 5.74) is 1.17. The molecule has 0 amide bonds. The van der Waals surface area contributed by atoms with Gasteiger partial charge >= 0.3 is 0 Å². The molecule has 0 heterocycles. The minimum Gasteiger partial charge on any atom is -0.457 e. The highest BCUT2D eigenvalue weighted by molar-refractivity contribution is 5.47. The Kier molecular flexibility index (Phi) is 6.79. The average Bonchev–Trinajstić information content (AvgIpc) is 2.65. The van der Waals surface area contributed by atoms with Gasteiger partial charge in [-0.2, -0.15) is 0 Å². The lowest BCUT2D eigenvalue weighted by molar-refractivity contribution is 0.328. The van der Waals surface area contributed by atoms with Gasteiger partial charge in [-0.15, -0.1) is 0 Å². The van der Waals surface area contributed by atoms with E-state index in [0.29, 0.717) is 6.04 Å². The first-order valence-electron chi connectivity index (χ1n) is 9.89. The zero-order valence-electron chi connectivity index (χ0n) is 15.4. The van der Waals surface area contributed by atoms with Gasteiger partial charge in [-0.3, -0.25) is 0 Å². The molecule has 1 saturated carbocycles. The molecule has 2 heteroatoms. The number of para-hydroxylation sites is 1. The number of anilines is 1. The second kappa shape index (κ2) is 9.50. The van der Waals surface area contributed by atoms with Crippen LogP contribution in [0.5, 0.6) is 11.5 Å². The number of nitrogens with one attached hydrogen (secondary N) is 1. The van der Waals surface area contributed by atoms with Crippen molar-refractivity contribution in [2.45, 2.75) is 64.3 Å². The van der Waals surface area contributed by atoms with Gasteiger partial charge in [0.1, 0.15) is 11.5 Å². The van der Waals surface area contributed by atoms with Crippen molar-refractivity contribution >= 4 is 5.69 Å². The maximum absolute atomic E-state index is 5.84. The third kappa shape index (κ3) is 6.12. The maximum atomic E-state index is 5.84. The number of hydrogen-bond donors (Lipinski definition) is 1. The number of ether oxygens (including phenoxy) is 1. The third-order valence-electron chi connectivity index (χ3n) is 5.22. The molecule has 2 nitrogen and oxygen atoms in total. The SMILES string of the molecule is CC(CCCC1CCCCC1)Nc1ccc(Oc2ccccc2)cc1. The van der Waals surface area contributed by atoms with E-state index >= 15 is 0 Å². The van der Waals surface area contributed by atoms with Gasteiger partial charge in [-0.25, -0.2) is 0 Å². The van der Waals surface area contributed by atoms with Crippen LogP contribution in [0.3, 0.4) is 0 Å². The quantitative estimate of drug-likeness (QED) is 0.558. The first-order valence-corrected chi connectivity index (χ1v) is 9.89. The normalized spacial score (nSPS) is 16.4. The van der Waals surface area contributed by atoms with Crippen molar-refractivity contribution in [3.8, 4) is 11.5 Å². The molecule has 2 aromatic rings. The van der Waals surface area contributed by atoms with Crippen LogP contribution in [0.4, 0.5) is 5.69 Å². The first kappa shape index (κ1) is 17.8. The zero-order valence-corrected chi connectivity index (χ0v) is 15.4. The Morgan fingerprint density at radius 2 is 1.60 bits per heavy atom. The molecule has 0 aromatic heterocycles. The fraction of sp³-hybridized carbons (Fsp3) is 0.478. The summed E-state index contributed by atoms with van der Waals surface area (Å²) in [6, 6.07) is 18.7. The lowest BCUT2D eigenvalue weighted by atomic mass is 9.85. The van der Waals surface area contributed by atoms with E-state index in [2.05, 4.69) is 24.4 Å². The van der Waals surface area contributed by atoms with Crippen LogP contribution in [0, 0.1) is 5.92 Å². The van der Waals surface area contributed by atoms with Crippen LogP contribution in [-0.4, -0.2) is 6.04 Å². The summed E-state index contributed by atoms with van der Waals surface area (Å²) >= 11 is 0. The van der Waals surface area contributed by atoms with Crippen LogP contribution in [0.2, 0.25) is 0 Å². The Balaban J connectivity index is 1.39. The van der Waals surface area contributed by atoms with E-state index in [1.807, 2.05) is 42.5 Å². The molecule has 0 bridgehead atoms. The topological polar surface area (TPSA) is 21.3 Å². The van der Waals surface area contributed by atoms with Gasteiger partial charge < -0.3 is 10.1 Å². The predicted octanol–water partition coefficient (Wildman–Crippen LogP) is 7.03. The van der Waals surface area contributed by atoms with E-state index in [4.69, 9.17) is 4.74 Å². The molecule has 1 fully saturated rings. The van der Waals surface area contributed by atoms with Crippen molar-refractivity contribution in [2.24, 2.45) is 5.92 Å². The van der Waals surface area contributed by atoms with E-state index in [9.17, 15) is 0 Å². The summed E-state index contributed by atoms with van der Waals surface area (Å²) in [5, 5.41) is 3.62. The highest BCUT2D eigenvalue weighted by Crippen LogP contribution is 2.28. The standard InChI is InChI=1S/C23H31NO/c1-19(9-8-12-20-10-4-2-5-11-20)24-21-15-17-23(18-16-21)25-22-13-6-3-7-14-22/h3,6-7,13-20,24H,2,4-5,8-12H2,1H3. The summed E-state index contributed by atoms with van der Waals surface area (Å²) in [6.45, 7) is 2.29. The van der Waals surface area contributed by atoms with Crippen LogP contribution in [0.1, 0.15) is 58.3 Å². The lowest BCUT2D eigenvalue weighted by Gasteiger charge is -2.22. The molecular formula is C23H31NO. The van der Waals surface area contributed by atoms with Crippen LogP contribution < -0.4 is 10.1 Å². The number of hydrogen-bond acceptors (Lipinski definition) is 2. The van der Waals surface area contributed by atoms with E-state index in [1.165, 1.54) is 57.1 Å². The van der Waals surface area contributed by atoms with Crippen LogP contribution in [0.25, 0.3) is 0 Å². The van der Waals surface area contributed by atoms with E-state index in [-0.39, 0.29) is 0 Å². The molecule has 0 aliphatic heterocycles. The van der Waals surface area contributed by atoms with Crippen molar-refractivity contribution in [3.05, 3.63) is 54.6 Å². The van der Waals surface area contributed by atoms with Crippen LogP contribution in [-0.2, 0) is 0 Å². The molecule has 1 atom stereocenters. The maximum Gasteiger partial charge on any atom is 0.127 e. The van der Waals surface area contributed by atoms with Gasteiger partial charge in [0.05, 0.1) is 0 Å². The zero-order chi connectivity index (χ0) is 17.3. The minimum atomic E-state index is 0.518. The molecule has 1 unspecified atom stereocenters. The van der Waals surface area contributed by atoms with Gasteiger partial charge in [-0.05, 0) is 55.7 Å². The van der Waals surface area contributed by atoms with Crippen molar-refractivity contribution in [1.82, 2.24) is 0 Å². The molecular weight excluding hydrogens is 306 g/mol. The Labute approximate surface area is 152 Å². The molecule has 2 aromatic carbocycles. The second-order valence-electron chi connectivity index (χ2n) is 7.42. The molecule has 1 N–H and O–H groups in total. The fourth-order valence-electron chi connectivity index (χ4n) is 3.79. The molecule has 134 valence electrons. The number of rotatable bonds is 8. The molecule has 0 saturated heterocycles. The molecule has 3 rings (SSSR count). The minimum absolute atomic E-state index is 0.518. The lowest BCUT2D eigenvalue weighted by Crippen LogP contribution is -2.15. The van der Waals surface area contributed by atoms with Crippen molar-refractivity contribution in [2.75, 3.05) is 5.32 Å². The highest BCUT2D eigenvalue weighted by atomic mass is 16.5. The largest absolute Gasteiger partial charge is 0.457 e. The average molecular weight is 338 g/mol. The molecule has 1 aliphatic rings. The van der Waals surface area contributed by atoms with Gasteiger partial charge in [0, 0.05) is 11.7 Å². The molecule has 0 spiro atoms. The molecule has 0 radical (unpaired) electrons. The summed E-state index contributed by atoms with van der Waals surface area (Å²) in [7, 11) is 0. The summed E-state index contributed by atoms with van der Waals surface area (Å²) in [5.74, 6) is 2.75. The summed E-state index contributed by atoms with van der Waals surface area (Å²) in [6.07, 6.45) is 11.3. The van der Waals surface area contributed by atoms with E-state index in [0.717, 1.165) is 17.4 Å². The van der Waals surface area contributed by atoms with Crippen LogP contribution in [0.15, 0.2) is 54.6 Å². The predicted molar refractivity (Wildman–Crippen MR) is 106 cm³/mol. The highest BCUT2D eigenvalue weighted by Gasteiger charge is 2.13. The first-order chi connectivity index (χ1) is 12.3. The van der Waals surface area contributed by atoms with E-state index < -0.39 is 0 Å². The van der Waals surface area contributed by atoms with Gasteiger partial charge in [-0.1, -0.05) is 63.1 Å². The summed E-state index contributed by atoms with van der Waals surface area (Å²) in [4.78, 5) is 0. The Morgan fingerprint density at radius 3 is 2.32 bits per heavy atom. The van der Waals surface area contributed by atoms with Crippen molar-refractivity contribution in [1.29, 1.82) is 0 Å². The van der Waals surface area contributed by atoms with Gasteiger partial charge in [0.15, 0.2) is 0 Å². The third-order valence-corrected chi connectivity index (χ3v) is 5.22. The second-order valence-corrected chi connectivity index (χ2v) is 7.42. The Hall–Kier alpha value is -1.96. The Morgan fingerprint density at radius 1 is 0.920 bits per heavy atom. The van der Waals surface area contributed by atoms with Crippen molar-refractivity contribution in [3.63, 3.8) is 0 Å². The monoisotopic (exact) mass is 337 g/mol. The van der Waals surface area contributed by atoms with Gasteiger partial charge in [0.2, 0.25) is 0 Å². The van der Waals surface area contributed by atoms with Crippen LogP contribution >= 0.6 is 0 Å². The van der Waals surface area contributed by atoms with Gasteiger partial charge in [0.25, 0.3) is 0 Å². The Bertz CT molecular complexity index is 602. The number of benzene rings is 2. The smallest absolute Gasteiger partial charge is 0.127 e. The van der Waals surface area contributed by atoms with Crippen molar-refractivity contribution < 1.29 is 4.74 Å². The van der Waals surface area contributed by atoms with E-state index in [1.54, 1.807) is 0 Å². The fourth-order valence-corrected chi connectivity index (χ4v) is 3.79. The molecule has 25 heavy (non-hydrogen) atoms. The summed E-state index contributed by atoms with van der Waals surface area (Å²) < 4.78 is 5.84. The molecule has 1 aliphatic carbocycles.